The fourth-order valence-electron chi connectivity index (χ4n) is 1.67. The van der Waals surface area contributed by atoms with Crippen molar-refractivity contribution in [2.75, 3.05) is 13.1 Å². The van der Waals surface area contributed by atoms with Gasteiger partial charge in [-0.15, -0.1) is 11.6 Å². The topological polar surface area (TPSA) is 37.4 Å². The van der Waals surface area contributed by atoms with Crippen LogP contribution in [0.3, 0.4) is 0 Å². The van der Waals surface area contributed by atoms with E-state index in [0.717, 1.165) is 12.0 Å². The van der Waals surface area contributed by atoms with Crippen LogP contribution in [0.25, 0.3) is 0 Å². The summed E-state index contributed by atoms with van der Waals surface area (Å²) in [6.45, 7) is 4.67. The molecule has 0 saturated carbocycles. The van der Waals surface area contributed by atoms with E-state index < -0.39 is 10.0 Å². The molecule has 1 aromatic rings. The Hall–Kier alpha value is -0.290. The molecule has 0 fully saturated rings. The predicted octanol–water partition coefficient (Wildman–Crippen LogP) is 3.50. The van der Waals surface area contributed by atoms with Crippen LogP contribution in [0.2, 0.25) is 5.02 Å². The number of benzene rings is 1. The highest BCUT2D eigenvalue weighted by molar-refractivity contribution is 7.89. The van der Waals surface area contributed by atoms with Crippen LogP contribution in [0.5, 0.6) is 0 Å². The number of halogens is 2. The Morgan fingerprint density at radius 2 is 1.94 bits per heavy atom. The fourth-order valence-corrected chi connectivity index (χ4v) is 3.90. The van der Waals surface area contributed by atoms with E-state index in [1.54, 1.807) is 18.2 Å². The van der Waals surface area contributed by atoms with Crippen molar-refractivity contribution >= 4 is 33.2 Å². The monoisotopic (exact) mass is 309 g/mol. The van der Waals surface area contributed by atoms with Gasteiger partial charge in [0.05, 0.1) is 5.02 Å². The van der Waals surface area contributed by atoms with E-state index in [1.807, 2.05) is 13.8 Å². The van der Waals surface area contributed by atoms with Gasteiger partial charge in [0.2, 0.25) is 10.0 Å². The maximum atomic E-state index is 12.4. The van der Waals surface area contributed by atoms with Crippen molar-refractivity contribution in [2.24, 2.45) is 0 Å². The summed E-state index contributed by atoms with van der Waals surface area (Å²) in [7, 11) is -3.53. The molecule has 0 atom stereocenters. The first-order chi connectivity index (χ1) is 8.47. The molecule has 0 aliphatic heterocycles. The van der Waals surface area contributed by atoms with Crippen LogP contribution in [0.4, 0.5) is 0 Å². The van der Waals surface area contributed by atoms with Crippen LogP contribution in [0.1, 0.15) is 25.8 Å². The fraction of sp³-hybridized carbons (Fsp3) is 0.500. The molecule has 0 unspecified atom stereocenters. The lowest BCUT2D eigenvalue weighted by molar-refractivity contribution is 0.427. The van der Waals surface area contributed by atoms with E-state index in [1.165, 1.54) is 4.31 Å². The third kappa shape index (κ3) is 3.38. The molecule has 0 bridgehead atoms. The molecule has 0 aliphatic carbocycles. The molecule has 1 aromatic carbocycles. The molecule has 6 heteroatoms. The number of nitrogens with zero attached hydrogens (tertiary/aromatic N) is 1. The molecule has 3 nitrogen and oxygen atoms in total. The first-order valence-electron chi connectivity index (χ1n) is 5.81. The minimum atomic E-state index is -3.53. The van der Waals surface area contributed by atoms with Gasteiger partial charge in [0.25, 0.3) is 0 Å². The smallest absolute Gasteiger partial charge is 0.207 e. The summed E-state index contributed by atoms with van der Waals surface area (Å²) in [5, 5.41) is 0.235. The van der Waals surface area contributed by atoms with Gasteiger partial charge in [0.1, 0.15) is 4.90 Å². The van der Waals surface area contributed by atoms with E-state index in [4.69, 9.17) is 23.2 Å². The van der Waals surface area contributed by atoms with E-state index >= 15 is 0 Å². The van der Waals surface area contributed by atoms with E-state index in [0.29, 0.717) is 13.1 Å². The van der Waals surface area contributed by atoms with E-state index in [2.05, 4.69) is 0 Å². The minimum absolute atomic E-state index is 0.137. The summed E-state index contributed by atoms with van der Waals surface area (Å²) in [5.74, 6) is 0.263. The standard InChI is InChI=1S/C12H17Cl2NO2S/c1-3-7-15(4-2)18(16,17)12-8-10(9-13)5-6-11(12)14/h5-6,8H,3-4,7,9H2,1-2H3. The highest BCUT2D eigenvalue weighted by Crippen LogP contribution is 2.26. The molecule has 102 valence electrons. The summed E-state index contributed by atoms with van der Waals surface area (Å²) in [4.78, 5) is 0.137. The van der Waals surface area contributed by atoms with Crippen molar-refractivity contribution in [2.45, 2.75) is 31.0 Å². The molecule has 0 aromatic heterocycles. The van der Waals surface area contributed by atoms with Crippen LogP contribution in [0.15, 0.2) is 23.1 Å². The Labute approximate surface area is 119 Å². The predicted molar refractivity (Wildman–Crippen MR) is 75.7 cm³/mol. The van der Waals surface area contributed by atoms with Gasteiger partial charge < -0.3 is 0 Å². The number of hydrogen-bond donors (Lipinski definition) is 0. The van der Waals surface area contributed by atoms with Crippen LogP contribution in [-0.2, 0) is 15.9 Å². The Morgan fingerprint density at radius 1 is 1.28 bits per heavy atom. The molecular formula is C12H17Cl2NO2S. The van der Waals surface area contributed by atoms with Gasteiger partial charge in [-0.05, 0) is 24.1 Å². The first kappa shape index (κ1) is 15.8. The maximum absolute atomic E-state index is 12.4. The molecule has 0 heterocycles. The average Bonchev–Trinajstić information content (AvgIpc) is 2.36. The van der Waals surface area contributed by atoms with Crippen LogP contribution in [0, 0.1) is 0 Å². The van der Waals surface area contributed by atoms with Crippen molar-refractivity contribution in [3.63, 3.8) is 0 Å². The lowest BCUT2D eigenvalue weighted by Gasteiger charge is -2.20. The minimum Gasteiger partial charge on any atom is -0.207 e. The van der Waals surface area contributed by atoms with Gasteiger partial charge in [-0.25, -0.2) is 8.42 Å². The number of sulfonamides is 1. The molecule has 18 heavy (non-hydrogen) atoms. The lowest BCUT2D eigenvalue weighted by atomic mass is 10.2. The average molecular weight is 310 g/mol. The molecule has 0 aliphatic rings. The lowest BCUT2D eigenvalue weighted by Crippen LogP contribution is -2.31. The number of alkyl halides is 1. The SMILES string of the molecule is CCCN(CC)S(=O)(=O)c1cc(CCl)ccc1Cl. The van der Waals surface area contributed by atoms with Crippen molar-refractivity contribution in [1.29, 1.82) is 0 Å². The molecule has 0 spiro atoms. The first-order valence-corrected chi connectivity index (χ1v) is 8.17. The van der Waals surface area contributed by atoms with Crippen LogP contribution >= 0.6 is 23.2 Å². The number of hydrogen-bond acceptors (Lipinski definition) is 2. The molecule has 1 rings (SSSR count). The van der Waals surface area contributed by atoms with Gasteiger partial charge in [-0.3, -0.25) is 0 Å². The van der Waals surface area contributed by atoms with Gasteiger partial charge in [-0.1, -0.05) is 31.5 Å². The molecule has 0 N–H and O–H groups in total. The molecule has 0 amide bonds. The second-order valence-corrected chi connectivity index (χ2v) is 6.48. The zero-order valence-corrected chi connectivity index (χ0v) is 12.8. The van der Waals surface area contributed by atoms with Crippen molar-refractivity contribution in [3.05, 3.63) is 28.8 Å². The second kappa shape index (κ2) is 6.75. The van der Waals surface area contributed by atoms with Crippen molar-refractivity contribution < 1.29 is 8.42 Å². The summed E-state index contributed by atoms with van der Waals surface area (Å²) in [6, 6.07) is 4.85. The number of rotatable bonds is 6. The van der Waals surface area contributed by atoms with Crippen LogP contribution < -0.4 is 0 Å². The van der Waals surface area contributed by atoms with Gasteiger partial charge in [0.15, 0.2) is 0 Å². The maximum Gasteiger partial charge on any atom is 0.244 e. The largest absolute Gasteiger partial charge is 0.244 e. The quantitative estimate of drug-likeness (QED) is 0.754. The molecule has 0 radical (unpaired) electrons. The van der Waals surface area contributed by atoms with E-state index in [-0.39, 0.29) is 15.8 Å². The summed E-state index contributed by atoms with van der Waals surface area (Å²) < 4.78 is 26.3. The third-order valence-electron chi connectivity index (χ3n) is 2.59. The zero-order chi connectivity index (χ0) is 13.8. The van der Waals surface area contributed by atoms with Crippen molar-refractivity contribution in [3.8, 4) is 0 Å². The summed E-state index contributed by atoms with van der Waals surface area (Å²) >= 11 is 11.7. The van der Waals surface area contributed by atoms with Crippen molar-refractivity contribution in [1.82, 2.24) is 4.31 Å². The van der Waals surface area contributed by atoms with Gasteiger partial charge in [-0.2, -0.15) is 4.31 Å². The highest BCUT2D eigenvalue weighted by atomic mass is 35.5. The molecular weight excluding hydrogens is 293 g/mol. The Balaban J connectivity index is 3.26. The van der Waals surface area contributed by atoms with E-state index in [9.17, 15) is 8.42 Å². The van der Waals surface area contributed by atoms with Gasteiger partial charge in [0, 0.05) is 19.0 Å². The summed E-state index contributed by atoms with van der Waals surface area (Å²) in [6.07, 6.45) is 0.764. The Morgan fingerprint density at radius 3 is 2.44 bits per heavy atom. The normalized spacial score (nSPS) is 12.1. The Kier molecular flexibility index (Phi) is 5.92. The Bertz CT molecular complexity index is 503. The second-order valence-electron chi connectivity index (χ2n) is 3.90. The zero-order valence-electron chi connectivity index (χ0n) is 10.5. The van der Waals surface area contributed by atoms with Gasteiger partial charge >= 0.3 is 0 Å². The molecule has 0 saturated heterocycles. The van der Waals surface area contributed by atoms with Crippen LogP contribution in [-0.4, -0.2) is 25.8 Å². The highest BCUT2D eigenvalue weighted by Gasteiger charge is 2.25. The summed E-state index contributed by atoms with van der Waals surface area (Å²) in [5.41, 5.74) is 0.743. The third-order valence-corrected chi connectivity index (χ3v) is 5.36.